The molecular formula is C17H25NO. The first kappa shape index (κ1) is 14.1. The summed E-state index contributed by atoms with van der Waals surface area (Å²) in [6.45, 7) is 9.46. The summed E-state index contributed by atoms with van der Waals surface area (Å²) in [5.41, 5.74) is 0.970. The number of hydrogen-bond donors (Lipinski definition) is 1. The summed E-state index contributed by atoms with van der Waals surface area (Å²) in [6, 6.07) is 10.1. The van der Waals surface area contributed by atoms with Crippen LogP contribution in [-0.4, -0.2) is 5.91 Å². The molecule has 1 N–H and O–H groups in total. The molecule has 104 valence electrons. The third-order valence-electron chi connectivity index (χ3n) is 5.53. The van der Waals surface area contributed by atoms with Crippen LogP contribution < -0.4 is 5.32 Å². The van der Waals surface area contributed by atoms with E-state index in [9.17, 15) is 4.79 Å². The molecule has 1 aliphatic carbocycles. The molecule has 2 nitrogen and oxygen atoms in total. The Balaban J connectivity index is 2.04. The summed E-state index contributed by atoms with van der Waals surface area (Å²) in [5, 5.41) is 3.12. The van der Waals surface area contributed by atoms with E-state index in [-0.39, 0.29) is 16.7 Å². The smallest absolute Gasteiger partial charge is 0.226 e. The summed E-state index contributed by atoms with van der Waals surface area (Å²) in [4.78, 5) is 12.6. The van der Waals surface area contributed by atoms with Crippen molar-refractivity contribution in [2.24, 2.45) is 16.7 Å². The first-order valence-electron chi connectivity index (χ1n) is 7.20. The second-order valence-corrected chi connectivity index (χ2v) is 6.66. The lowest BCUT2D eigenvalue weighted by Gasteiger charge is -2.39. The molecule has 2 rings (SSSR count). The largest absolute Gasteiger partial charge is 0.352 e. The van der Waals surface area contributed by atoms with Gasteiger partial charge in [0.25, 0.3) is 0 Å². The molecule has 1 amide bonds. The number of nitrogens with one attached hydrogen (secondary N) is 1. The van der Waals surface area contributed by atoms with Crippen LogP contribution >= 0.6 is 0 Å². The molecule has 2 heteroatoms. The van der Waals surface area contributed by atoms with Gasteiger partial charge in [0.1, 0.15) is 0 Å². The van der Waals surface area contributed by atoms with E-state index in [1.807, 2.05) is 30.3 Å². The number of rotatable bonds is 3. The van der Waals surface area contributed by atoms with E-state index in [2.05, 4.69) is 33.0 Å². The Hall–Kier alpha value is -1.31. The van der Waals surface area contributed by atoms with Crippen molar-refractivity contribution in [1.29, 1.82) is 0 Å². The van der Waals surface area contributed by atoms with Crippen LogP contribution in [0.2, 0.25) is 0 Å². The molecule has 1 aromatic carbocycles. The maximum atomic E-state index is 12.6. The van der Waals surface area contributed by atoms with Crippen LogP contribution in [0.25, 0.3) is 0 Å². The summed E-state index contributed by atoms with van der Waals surface area (Å²) in [6.07, 6.45) is 2.13. The van der Waals surface area contributed by atoms with Gasteiger partial charge in [-0.2, -0.15) is 0 Å². The lowest BCUT2D eigenvalue weighted by molar-refractivity contribution is -0.136. The van der Waals surface area contributed by atoms with Gasteiger partial charge in [-0.1, -0.05) is 58.0 Å². The average molecular weight is 259 g/mol. The zero-order chi connectivity index (χ0) is 14.1. The predicted octanol–water partition coefficient (Wildman–Crippen LogP) is 3.77. The molecule has 0 heterocycles. The molecule has 1 aromatic rings. The highest BCUT2D eigenvalue weighted by atomic mass is 16.2. The van der Waals surface area contributed by atoms with Crippen LogP contribution in [0.15, 0.2) is 30.3 Å². The zero-order valence-corrected chi connectivity index (χ0v) is 12.5. The average Bonchev–Trinajstić information content (AvgIpc) is 2.62. The number of carbonyl (C=O) groups is 1. The minimum Gasteiger partial charge on any atom is -0.352 e. The van der Waals surface area contributed by atoms with Gasteiger partial charge in [-0.3, -0.25) is 4.79 Å². The molecule has 0 saturated heterocycles. The Bertz CT molecular complexity index is 452. The van der Waals surface area contributed by atoms with Crippen LogP contribution in [-0.2, 0) is 11.3 Å². The Morgan fingerprint density at radius 3 is 2.42 bits per heavy atom. The first-order valence-corrected chi connectivity index (χ1v) is 7.20. The topological polar surface area (TPSA) is 29.1 Å². The third-order valence-corrected chi connectivity index (χ3v) is 5.53. The summed E-state index contributed by atoms with van der Waals surface area (Å²) >= 11 is 0. The van der Waals surface area contributed by atoms with Crippen molar-refractivity contribution in [3.05, 3.63) is 35.9 Å². The van der Waals surface area contributed by atoms with Crippen molar-refractivity contribution < 1.29 is 4.79 Å². The molecule has 0 bridgehead atoms. The fourth-order valence-corrected chi connectivity index (χ4v) is 3.11. The fourth-order valence-electron chi connectivity index (χ4n) is 3.11. The standard InChI is InChI=1S/C17H25NO/c1-13-10-11-17(4,16(13,2)3)15(19)18-12-14-8-6-5-7-9-14/h5-9,13H,10-12H2,1-4H3,(H,18,19). The van der Waals surface area contributed by atoms with Gasteiger partial charge in [0, 0.05) is 6.54 Å². The second kappa shape index (κ2) is 4.99. The van der Waals surface area contributed by atoms with Gasteiger partial charge in [0.2, 0.25) is 5.91 Å². The van der Waals surface area contributed by atoms with Gasteiger partial charge in [-0.15, -0.1) is 0 Å². The third kappa shape index (κ3) is 2.41. The van der Waals surface area contributed by atoms with E-state index in [1.54, 1.807) is 0 Å². The highest BCUT2D eigenvalue weighted by molar-refractivity contribution is 5.83. The van der Waals surface area contributed by atoms with Crippen LogP contribution in [0.3, 0.4) is 0 Å². The number of carbonyl (C=O) groups excluding carboxylic acids is 1. The van der Waals surface area contributed by atoms with E-state index in [0.717, 1.165) is 18.4 Å². The minimum atomic E-state index is -0.249. The van der Waals surface area contributed by atoms with Gasteiger partial charge in [-0.05, 0) is 29.7 Å². The molecule has 2 atom stereocenters. The molecule has 1 aliphatic rings. The Morgan fingerprint density at radius 2 is 1.89 bits per heavy atom. The molecule has 0 spiro atoms. The number of hydrogen-bond acceptors (Lipinski definition) is 1. The highest BCUT2D eigenvalue weighted by Gasteiger charge is 2.53. The maximum Gasteiger partial charge on any atom is 0.226 e. The molecule has 2 unspecified atom stereocenters. The summed E-state index contributed by atoms with van der Waals surface area (Å²) < 4.78 is 0. The highest BCUT2D eigenvalue weighted by Crippen LogP contribution is 2.55. The van der Waals surface area contributed by atoms with Crippen LogP contribution in [0.5, 0.6) is 0 Å². The molecule has 0 radical (unpaired) electrons. The molecule has 0 aliphatic heterocycles. The SMILES string of the molecule is CC1CCC(C)(C(=O)NCc2ccccc2)C1(C)C. The predicted molar refractivity (Wildman–Crippen MR) is 78.6 cm³/mol. The Kier molecular flexibility index (Phi) is 3.71. The monoisotopic (exact) mass is 259 g/mol. The quantitative estimate of drug-likeness (QED) is 0.879. The van der Waals surface area contributed by atoms with Gasteiger partial charge < -0.3 is 5.32 Å². The van der Waals surface area contributed by atoms with Crippen molar-refractivity contribution in [2.75, 3.05) is 0 Å². The van der Waals surface area contributed by atoms with Gasteiger partial charge in [-0.25, -0.2) is 0 Å². The van der Waals surface area contributed by atoms with E-state index in [1.165, 1.54) is 0 Å². The Labute approximate surface area is 116 Å². The van der Waals surface area contributed by atoms with E-state index in [4.69, 9.17) is 0 Å². The van der Waals surface area contributed by atoms with Crippen LogP contribution in [0, 0.1) is 16.7 Å². The van der Waals surface area contributed by atoms with E-state index < -0.39 is 0 Å². The molecule has 19 heavy (non-hydrogen) atoms. The van der Waals surface area contributed by atoms with Crippen molar-refractivity contribution in [3.8, 4) is 0 Å². The lowest BCUT2D eigenvalue weighted by atomic mass is 9.65. The van der Waals surface area contributed by atoms with Crippen LogP contribution in [0.4, 0.5) is 0 Å². The van der Waals surface area contributed by atoms with E-state index in [0.29, 0.717) is 12.5 Å². The van der Waals surface area contributed by atoms with Crippen LogP contribution in [0.1, 0.15) is 46.1 Å². The molecular weight excluding hydrogens is 234 g/mol. The number of amides is 1. The summed E-state index contributed by atoms with van der Waals surface area (Å²) in [5.74, 6) is 0.797. The Morgan fingerprint density at radius 1 is 1.26 bits per heavy atom. The molecule has 1 saturated carbocycles. The maximum absolute atomic E-state index is 12.6. The summed E-state index contributed by atoms with van der Waals surface area (Å²) in [7, 11) is 0. The second-order valence-electron chi connectivity index (χ2n) is 6.66. The minimum absolute atomic E-state index is 0.0633. The van der Waals surface area contributed by atoms with Gasteiger partial charge >= 0.3 is 0 Å². The molecule has 0 aromatic heterocycles. The van der Waals surface area contributed by atoms with Crippen molar-refractivity contribution in [2.45, 2.75) is 47.1 Å². The zero-order valence-electron chi connectivity index (χ0n) is 12.5. The normalized spacial score (nSPS) is 29.2. The van der Waals surface area contributed by atoms with Crippen molar-refractivity contribution >= 4 is 5.91 Å². The van der Waals surface area contributed by atoms with E-state index >= 15 is 0 Å². The fraction of sp³-hybridized carbons (Fsp3) is 0.588. The lowest BCUT2D eigenvalue weighted by Crippen LogP contribution is -2.46. The van der Waals surface area contributed by atoms with Gasteiger partial charge in [0.05, 0.1) is 5.41 Å². The van der Waals surface area contributed by atoms with Crippen molar-refractivity contribution in [1.82, 2.24) is 5.32 Å². The van der Waals surface area contributed by atoms with Gasteiger partial charge in [0.15, 0.2) is 0 Å². The molecule has 1 fully saturated rings. The number of benzene rings is 1. The van der Waals surface area contributed by atoms with Crippen molar-refractivity contribution in [3.63, 3.8) is 0 Å². The first-order chi connectivity index (χ1) is 8.88.